The van der Waals surface area contributed by atoms with Crippen molar-refractivity contribution in [2.45, 2.75) is 65.8 Å². The summed E-state index contributed by atoms with van der Waals surface area (Å²) in [5, 5.41) is 3.58. The third-order valence-electron chi connectivity index (χ3n) is 4.96. The maximum absolute atomic E-state index is 13.7. The molecule has 1 nitrogen and oxygen atoms in total. The second kappa shape index (κ2) is 6.48. The molecule has 1 aliphatic carbocycles. The molecule has 0 bridgehead atoms. The van der Waals surface area contributed by atoms with Crippen molar-refractivity contribution in [3.63, 3.8) is 0 Å². The molecule has 21 heavy (non-hydrogen) atoms. The van der Waals surface area contributed by atoms with Crippen LogP contribution in [0.2, 0.25) is 0 Å². The van der Waals surface area contributed by atoms with Gasteiger partial charge < -0.3 is 5.32 Å². The van der Waals surface area contributed by atoms with Crippen LogP contribution >= 0.6 is 0 Å². The Morgan fingerprint density at radius 3 is 2.71 bits per heavy atom. The lowest BCUT2D eigenvalue weighted by molar-refractivity contribution is 0.157. The van der Waals surface area contributed by atoms with Gasteiger partial charge in [-0.1, -0.05) is 33.8 Å². The van der Waals surface area contributed by atoms with Crippen LogP contribution in [0, 0.1) is 24.1 Å². The van der Waals surface area contributed by atoms with E-state index in [1.54, 1.807) is 12.1 Å². The summed E-state index contributed by atoms with van der Waals surface area (Å²) in [4.78, 5) is 0. The number of hydrogen-bond donors (Lipinski definition) is 1. The van der Waals surface area contributed by atoms with Crippen LogP contribution in [-0.2, 0) is 0 Å². The van der Waals surface area contributed by atoms with Crippen LogP contribution in [0.25, 0.3) is 0 Å². The van der Waals surface area contributed by atoms with E-state index in [0.717, 1.165) is 13.0 Å². The Morgan fingerprint density at radius 1 is 1.33 bits per heavy atom. The molecule has 118 valence electrons. The van der Waals surface area contributed by atoms with Crippen molar-refractivity contribution in [1.29, 1.82) is 0 Å². The van der Waals surface area contributed by atoms with E-state index in [4.69, 9.17) is 0 Å². The molecule has 1 aromatic carbocycles. The maximum Gasteiger partial charge on any atom is 0.123 e. The van der Waals surface area contributed by atoms with Gasteiger partial charge >= 0.3 is 0 Å². The van der Waals surface area contributed by atoms with E-state index in [1.165, 1.54) is 24.0 Å². The minimum Gasteiger partial charge on any atom is -0.314 e. The Balaban J connectivity index is 2.26. The molecule has 0 aliphatic heterocycles. The summed E-state index contributed by atoms with van der Waals surface area (Å²) in [7, 11) is 0. The van der Waals surface area contributed by atoms with Crippen molar-refractivity contribution in [2.24, 2.45) is 11.3 Å². The van der Waals surface area contributed by atoms with Gasteiger partial charge in [-0.3, -0.25) is 0 Å². The van der Waals surface area contributed by atoms with E-state index in [-0.39, 0.29) is 5.82 Å². The van der Waals surface area contributed by atoms with Crippen LogP contribution < -0.4 is 5.32 Å². The third-order valence-corrected chi connectivity index (χ3v) is 4.96. The monoisotopic (exact) mass is 291 g/mol. The predicted molar refractivity (Wildman–Crippen MR) is 88.1 cm³/mol. The van der Waals surface area contributed by atoms with Gasteiger partial charge in [-0.05, 0) is 73.2 Å². The largest absolute Gasteiger partial charge is 0.314 e. The molecule has 1 aliphatic rings. The topological polar surface area (TPSA) is 12.0 Å². The molecular formula is C19H30FN. The predicted octanol–water partition coefficient (Wildman–Crippen LogP) is 5.04. The minimum absolute atomic E-state index is 0.102. The first kappa shape index (κ1) is 16.5. The van der Waals surface area contributed by atoms with Crippen LogP contribution in [-0.4, -0.2) is 12.6 Å². The van der Waals surface area contributed by atoms with Gasteiger partial charge in [0.05, 0.1) is 0 Å². The first-order valence-electron chi connectivity index (χ1n) is 8.28. The second-order valence-electron chi connectivity index (χ2n) is 7.84. The van der Waals surface area contributed by atoms with Crippen LogP contribution in [0.15, 0.2) is 18.2 Å². The van der Waals surface area contributed by atoms with Crippen LogP contribution in [0.3, 0.4) is 0 Å². The zero-order valence-corrected chi connectivity index (χ0v) is 14.2. The van der Waals surface area contributed by atoms with Crippen molar-refractivity contribution < 1.29 is 4.39 Å². The van der Waals surface area contributed by atoms with Crippen LogP contribution in [0.4, 0.5) is 4.39 Å². The molecule has 2 unspecified atom stereocenters. The summed E-state index contributed by atoms with van der Waals surface area (Å²) in [5.74, 6) is 0.978. The molecule has 0 amide bonds. The molecule has 0 saturated heterocycles. The minimum atomic E-state index is -0.102. The van der Waals surface area contributed by atoms with E-state index in [0.29, 0.717) is 23.3 Å². The molecule has 0 spiro atoms. The summed E-state index contributed by atoms with van der Waals surface area (Å²) in [6, 6.07) is 5.78. The fourth-order valence-electron chi connectivity index (χ4n) is 3.65. The summed E-state index contributed by atoms with van der Waals surface area (Å²) >= 11 is 0. The SMILES string of the molecule is Cc1ccc(F)cc1C1CC(C)(C)CCC1CNC(C)C. The zero-order valence-electron chi connectivity index (χ0n) is 14.2. The molecule has 0 radical (unpaired) electrons. The summed E-state index contributed by atoms with van der Waals surface area (Å²) in [5.41, 5.74) is 2.81. The summed E-state index contributed by atoms with van der Waals surface area (Å²) in [6.07, 6.45) is 3.65. The van der Waals surface area contributed by atoms with Gasteiger partial charge in [0, 0.05) is 6.04 Å². The molecular weight excluding hydrogens is 261 g/mol. The Bertz CT molecular complexity index is 476. The normalized spacial score (nSPS) is 25.3. The van der Waals surface area contributed by atoms with Crippen molar-refractivity contribution in [1.82, 2.24) is 5.32 Å². The Kier molecular flexibility index (Phi) is 5.08. The van der Waals surface area contributed by atoms with Gasteiger partial charge in [-0.2, -0.15) is 0 Å². The van der Waals surface area contributed by atoms with Crippen molar-refractivity contribution in [3.05, 3.63) is 35.1 Å². The second-order valence-corrected chi connectivity index (χ2v) is 7.84. The Labute approximate surface area is 129 Å². The first-order chi connectivity index (χ1) is 9.78. The van der Waals surface area contributed by atoms with Crippen LogP contribution in [0.5, 0.6) is 0 Å². The molecule has 0 aromatic heterocycles. The third kappa shape index (κ3) is 4.29. The number of hydrogen-bond acceptors (Lipinski definition) is 1. The molecule has 1 saturated carbocycles. The molecule has 1 aromatic rings. The highest BCUT2D eigenvalue weighted by atomic mass is 19.1. The fourth-order valence-corrected chi connectivity index (χ4v) is 3.65. The number of halogens is 1. The maximum atomic E-state index is 13.7. The molecule has 1 fully saturated rings. The van der Waals surface area contributed by atoms with Gasteiger partial charge in [0.25, 0.3) is 0 Å². The first-order valence-corrected chi connectivity index (χ1v) is 8.28. The number of nitrogens with one attached hydrogen (secondary N) is 1. The number of aryl methyl sites for hydroxylation is 1. The van der Waals surface area contributed by atoms with Crippen molar-refractivity contribution in [3.8, 4) is 0 Å². The average Bonchev–Trinajstić information content (AvgIpc) is 2.39. The number of benzene rings is 1. The van der Waals surface area contributed by atoms with E-state index < -0.39 is 0 Å². The van der Waals surface area contributed by atoms with Gasteiger partial charge in [-0.15, -0.1) is 0 Å². The summed E-state index contributed by atoms with van der Waals surface area (Å²) < 4.78 is 13.7. The molecule has 2 atom stereocenters. The smallest absolute Gasteiger partial charge is 0.123 e. The lowest BCUT2D eigenvalue weighted by Gasteiger charge is -2.42. The zero-order chi connectivity index (χ0) is 15.6. The molecule has 1 N–H and O–H groups in total. The lowest BCUT2D eigenvalue weighted by Crippen LogP contribution is -2.37. The van der Waals surface area contributed by atoms with Gasteiger partial charge in [-0.25, -0.2) is 4.39 Å². The van der Waals surface area contributed by atoms with Gasteiger partial charge in [0.15, 0.2) is 0 Å². The van der Waals surface area contributed by atoms with E-state index in [9.17, 15) is 4.39 Å². The molecule has 2 heteroatoms. The fraction of sp³-hybridized carbons (Fsp3) is 0.684. The van der Waals surface area contributed by atoms with E-state index >= 15 is 0 Å². The molecule has 0 heterocycles. The lowest BCUT2D eigenvalue weighted by atomic mass is 9.64. The highest BCUT2D eigenvalue weighted by molar-refractivity contribution is 5.31. The quantitative estimate of drug-likeness (QED) is 0.819. The highest BCUT2D eigenvalue weighted by Crippen LogP contribution is 2.47. The Hall–Kier alpha value is -0.890. The molecule has 2 rings (SSSR count). The van der Waals surface area contributed by atoms with Gasteiger partial charge in [0.2, 0.25) is 0 Å². The van der Waals surface area contributed by atoms with E-state index in [1.807, 2.05) is 6.07 Å². The van der Waals surface area contributed by atoms with Crippen LogP contribution in [0.1, 0.15) is 64.0 Å². The van der Waals surface area contributed by atoms with Crippen molar-refractivity contribution >= 4 is 0 Å². The standard InChI is InChI=1S/C19H30FN/c1-13(2)21-12-15-8-9-19(4,5)11-18(15)17-10-16(20)7-6-14(17)3/h6-7,10,13,15,18,21H,8-9,11-12H2,1-5H3. The van der Waals surface area contributed by atoms with Gasteiger partial charge in [0.1, 0.15) is 5.82 Å². The van der Waals surface area contributed by atoms with E-state index in [2.05, 4.69) is 39.9 Å². The summed E-state index contributed by atoms with van der Waals surface area (Å²) in [6.45, 7) is 12.2. The number of rotatable bonds is 4. The van der Waals surface area contributed by atoms with Crippen molar-refractivity contribution in [2.75, 3.05) is 6.54 Å². The Morgan fingerprint density at radius 2 is 2.05 bits per heavy atom. The highest BCUT2D eigenvalue weighted by Gasteiger charge is 2.36. The average molecular weight is 291 g/mol.